The van der Waals surface area contributed by atoms with Crippen molar-refractivity contribution in [3.8, 4) is 0 Å². The van der Waals surface area contributed by atoms with Gasteiger partial charge in [-0.05, 0) is 44.2 Å². The third-order valence-electron chi connectivity index (χ3n) is 3.76. The van der Waals surface area contributed by atoms with E-state index in [4.69, 9.17) is 0 Å². The maximum atomic E-state index is 12.9. The molecular weight excluding hydrogens is 342 g/mol. The van der Waals surface area contributed by atoms with Crippen LogP contribution < -0.4 is 0 Å². The summed E-state index contributed by atoms with van der Waals surface area (Å²) in [4.78, 5) is 1.37. The van der Waals surface area contributed by atoms with E-state index in [1.165, 1.54) is 3.97 Å². The molecule has 2 aromatic carbocycles. The van der Waals surface area contributed by atoms with E-state index in [0.717, 1.165) is 0 Å². The van der Waals surface area contributed by atoms with Gasteiger partial charge in [-0.1, -0.05) is 36.4 Å². The third kappa shape index (κ3) is 2.83. The zero-order valence-corrected chi connectivity index (χ0v) is 15.0. The molecule has 4 nitrogen and oxygen atoms in total. The van der Waals surface area contributed by atoms with Crippen LogP contribution in [-0.2, 0) is 20.8 Å². The molecule has 0 saturated heterocycles. The Morgan fingerprint density at radius 2 is 1.42 bits per heavy atom. The molecule has 0 bridgehead atoms. The molecule has 1 heterocycles. The summed E-state index contributed by atoms with van der Waals surface area (Å²) in [5.41, 5.74) is 1.01. The summed E-state index contributed by atoms with van der Waals surface area (Å²) in [6, 6.07) is 19.0. The Hall–Kier alpha value is -2.18. The summed E-state index contributed by atoms with van der Waals surface area (Å²) >= 11 is 0. The fourth-order valence-electron chi connectivity index (χ4n) is 2.64. The van der Waals surface area contributed by atoms with E-state index in [-0.39, 0.29) is 4.90 Å². The highest BCUT2D eigenvalue weighted by Crippen LogP contribution is 2.27. The SMILES string of the molecule is Cc1cc(S(=O)c2ccccc2)c(C)n1S(=O)(=O)c1ccccc1. The highest BCUT2D eigenvalue weighted by molar-refractivity contribution is 7.90. The molecule has 1 unspecified atom stereocenters. The molecule has 0 spiro atoms. The van der Waals surface area contributed by atoms with Crippen LogP contribution >= 0.6 is 0 Å². The average molecular weight is 359 g/mol. The van der Waals surface area contributed by atoms with Crippen molar-refractivity contribution in [3.63, 3.8) is 0 Å². The van der Waals surface area contributed by atoms with E-state index in [1.54, 1.807) is 62.4 Å². The van der Waals surface area contributed by atoms with E-state index in [1.807, 2.05) is 18.2 Å². The van der Waals surface area contributed by atoms with Crippen LogP contribution in [0.4, 0.5) is 0 Å². The van der Waals surface area contributed by atoms with Crippen molar-refractivity contribution in [1.82, 2.24) is 3.97 Å². The predicted molar refractivity (Wildman–Crippen MR) is 94.0 cm³/mol. The first kappa shape index (κ1) is 16.7. The van der Waals surface area contributed by atoms with Crippen molar-refractivity contribution < 1.29 is 12.6 Å². The molecule has 124 valence electrons. The van der Waals surface area contributed by atoms with Gasteiger partial charge in [0.25, 0.3) is 10.0 Å². The molecule has 0 N–H and O–H groups in total. The van der Waals surface area contributed by atoms with Gasteiger partial charge >= 0.3 is 0 Å². The quantitative estimate of drug-likeness (QED) is 0.716. The Morgan fingerprint density at radius 1 is 0.875 bits per heavy atom. The van der Waals surface area contributed by atoms with Gasteiger partial charge in [0, 0.05) is 16.3 Å². The topological polar surface area (TPSA) is 56.1 Å². The number of aromatic nitrogens is 1. The molecule has 0 aliphatic carbocycles. The summed E-state index contributed by atoms with van der Waals surface area (Å²) in [6.45, 7) is 3.39. The second kappa shape index (κ2) is 6.37. The Balaban J connectivity index is 2.13. The van der Waals surface area contributed by atoms with Crippen molar-refractivity contribution in [2.24, 2.45) is 0 Å². The lowest BCUT2D eigenvalue weighted by molar-refractivity contribution is 0.585. The highest BCUT2D eigenvalue weighted by atomic mass is 32.2. The summed E-state index contributed by atoms with van der Waals surface area (Å²) in [6.07, 6.45) is 0. The summed E-state index contributed by atoms with van der Waals surface area (Å²) in [5.74, 6) is 0. The molecule has 3 aromatic rings. The average Bonchev–Trinajstić information content (AvgIpc) is 2.91. The van der Waals surface area contributed by atoms with Gasteiger partial charge in [-0.3, -0.25) is 0 Å². The predicted octanol–water partition coefficient (Wildman–Crippen LogP) is 3.51. The van der Waals surface area contributed by atoms with Gasteiger partial charge < -0.3 is 0 Å². The van der Waals surface area contributed by atoms with Gasteiger partial charge in [0.05, 0.1) is 20.6 Å². The minimum atomic E-state index is -3.71. The zero-order chi connectivity index (χ0) is 17.3. The fourth-order valence-corrected chi connectivity index (χ4v) is 5.60. The summed E-state index contributed by atoms with van der Waals surface area (Å²) in [7, 11) is -5.14. The number of rotatable bonds is 4. The maximum absolute atomic E-state index is 12.9. The Kier molecular flexibility index (Phi) is 4.43. The molecule has 3 rings (SSSR count). The minimum absolute atomic E-state index is 0.212. The van der Waals surface area contributed by atoms with Gasteiger partial charge in [0.2, 0.25) is 0 Å². The van der Waals surface area contributed by atoms with Crippen LogP contribution in [0, 0.1) is 13.8 Å². The van der Waals surface area contributed by atoms with Gasteiger partial charge in [-0.25, -0.2) is 16.6 Å². The van der Waals surface area contributed by atoms with Crippen LogP contribution in [0.15, 0.2) is 81.4 Å². The molecule has 0 fully saturated rings. The van der Waals surface area contributed by atoms with Crippen molar-refractivity contribution in [1.29, 1.82) is 0 Å². The summed E-state index contributed by atoms with van der Waals surface area (Å²) in [5, 5.41) is 0. The molecule has 0 radical (unpaired) electrons. The lowest BCUT2D eigenvalue weighted by Gasteiger charge is -2.11. The number of nitrogens with zero attached hydrogens (tertiary/aromatic N) is 1. The van der Waals surface area contributed by atoms with Gasteiger partial charge in [-0.2, -0.15) is 0 Å². The van der Waals surface area contributed by atoms with Crippen LogP contribution in [0.1, 0.15) is 11.4 Å². The van der Waals surface area contributed by atoms with Crippen molar-refractivity contribution in [2.45, 2.75) is 28.5 Å². The normalized spacial score (nSPS) is 12.9. The molecule has 0 saturated carbocycles. The molecule has 1 aromatic heterocycles. The molecule has 0 amide bonds. The molecule has 6 heteroatoms. The second-order valence-electron chi connectivity index (χ2n) is 5.40. The van der Waals surface area contributed by atoms with Crippen molar-refractivity contribution in [2.75, 3.05) is 0 Å². The van der Waals surface area contributed by atoms with Crippen molar-refractivity contribution >= 4 is 20.8 Å². The molecule has 0 aliphatic heterocycles. The van der Waals surface area contributed by atoms with Crippen LogP contribution in [0.5, 0.6) is 0 Å². The van der Waals surface area contributed by atoms with E-state index in [9.17, 15) is 12.6 Å². The van der Waals surface area contributed by atoms with E-state index in [2.05, 4.69) is 0 Å². The largest absolute Gasteiger partial charge is 0.268 e. The van der Waals surface area contributed by atoms with Gasteiger partial charge in [0.1, 0.15) is 0 Å². The second-order valence-corrected chi connectivity index (χ2v) is 8.64. The lowest BCUT2D eigenvalue weighted by atomic mass is 10.4. The first-order valence-corrected chi connectivity index (χ1v) is 9.98. The first-order chi connectivity index (χ1) is 11.4. The maximum Gasteiger partial charge on any atom is 0.268 e. The summed E-state index contributed by atoms with van der Waals surface area (Å²) < 4.78 is 39.9. The third-order valence-corrected chi connectivity index (χ3v) is 7.18. The van der Waals surface area contributed by atoms with Crippen LogP contribution in [0.3, 0.4) is 0 Å². The molecule has 24 heavy (non-hydrogen) atoms. The van der Waals surface area contributed by atoms with E-state index in [0.29, 0.717) is 21.2 Å². The number of hydrogen-bond acceptors (Lipinski definition) is 3. The first-order valence-electron chi connectivity index (χ1n) is 7.39. The Morgan fingerprint density at radius 3 is 2.00 bits per heavy atom. The number of hydrogen-bond donors (Lipinski definition) is 0. The standard InChI is InChI=1S/C18H17NO3S2/c1-14-13-18(23(20)16-9-5-3-6-10-16)15(2)19(14)24(21,22)17-11-7-4-8-12-17/h3-13H,1-2H3. The number of aryl methyl sites for hydroxylation is 1. The van der Waals surface area contributed by atoms with E-state index >= 15 is 0 Å². The molecule has 0 aliphatic rings. The van der Waals surface area contributed by atoms with Gasteiger partial charge in [-0.15, -0.1) is 0 Å². The van der Waals surface area contributed by atoms with Gasteiger partial charge in [0.15, 0.2) is 0 Å². The minimum Gasteiger partial charge on any atom is -0.249 e. The lowest BCUT2D eigenvalue weighted by Crippen LogP contribution is -2.16. The van der Waals surface area contributed by atoms with E-state index < -0.39 is 20.8 Å². The monoisotopic (exact) mass is 359 g/mol. The highest BCUT2D eigenvalue weighted by Gasteiger charge is 2.24. The van der Waals surface area contributed by atoms with Crippen LogP contribution in [0.25, 0.3) is 0 Å². The molecular formula is C18H17NO3S2. The number of benzene rings is 2. The van der Waals surface area contributed by atoms with Crippen LogP contribution in [0.2, 0.25) is 0 Å². The van der Waals surface area contributed by atoms with Crippen molar-refractivity contribution in [3.05, 3.63) is 78.1 Å². The Labute approximate surface area is 144 Å². The zero-order valence-electron chi connectivity index (χ0n) is 13.3. The fraction of sp³-hybridized carbons (Fsp3) is 0.111. The van der Waals surface area contributed by atoms with Crippen LogP contribution in [-0.4, -0.2) is 16.6 Å². The smallest absolute Gasteiger partial charge is 0.249 e. The molecule has 1 atom stereocenters. The Bertz CT molecular complexity index is 992.